The van der Waals surface area contributed by atoms with E-state index in [2.05, 4.69) is 116 Å². The lowest BCUT2D eigenvalue weighted by molar-refractivity contribution is -0.212. The minimum atomic E-state index is -0.277. The average Bonchev–Trinajstić information content (AvgIpc) is 3.10. The Morgan fingerprint density at radius 2 is 0.978 bits per heavy atom. The van der Waals surface area contributed by atoms with Gasteiger partial charge in [-0.2, -0.15) is 0 Å². The minimum Gasteiger partial charge on any atom is -0.375 e. The van der Waals surface area contributed by atoms with Crippen molar-refractivity contribution >= 4 is 0 Å². The number of benzene rings is 4. The van der Waals surface area contributed by atoms with Gasteiger partial charge >= 0.3 is 0 Å². The fourth-order valence-corrected chi connectivity index (χ4v) is 6.14. The monoisotopic (exact) mass is 607 g/mol. The number of hydrogen-bond donors (Lipinski definition) is 0. The highest BCUT2D eigenvalue weighted by atomic mass is 16.6. The Hall–Kier alpha value is -3.32. The Balaban J connectivity index is 1.44. The number of hydrogen-bond acceptors (Lipinski definition) is 5. The maximum absolute atomic E-state index is 6.92. The molecule has 5 nitrogen and oxygen atoms in total. The molecule has 0 bridgehead atoms. The Labute approximate surface area is 270 Å². The van der Waals surface area contributed by atoms with Crippen LogP contribution in [0.2, 0.25) is 0 Å². The van der Waals surface area contributed by atoms with Crippen molar-refractivity contribution in [2.75, 3.05) is 19.7 Å². The van der Waals surface area contributed by atoms with Crippen LogP contribution in [0.15, 0.2) is 121 Å². The molecule has 4 aromatic rings. The second-order valence-corrected chi connectivity index (χ2v) is 12.1. The van der Waals surface area contributed by atoms with Gasteiger partial charge in [0.2, 0.25) is 0 Å². The molecular formula is C40H49NO4. The zero-order valence-electron chi connectivity index (χ0n) is 26.9. The van der Waals surface area contributed by atoms with Crippen molar-refractivity contribution in [1.29, 1.82) is 0 Å². The topological polar surface area (TPSA) is 40.2 Å². The van der Waals surface area contributed by atoms with Gasteiger partial charge in [-0.1, -0.05) is 148 Å². The molecule has 0 saturated carbocycles. The summed E-state index contributed by atoms with van der Waals surface area (Å²) in [5.74, 6) is 0.577. The van der Waals surface area contributed by atoms with E-state index in [0.29, 0.717) is 39.0 Å². The first kappa shape index (κ1) is 33.1. The van der Waals surface area contributed by atoms with Crippen molar-refractivity contribution in [3.63, 3.8) is 0 Å². The Bertz CT molecular complexity index is 1330. The lowest BCUT2D eigenvalue weighted by Gasteiger charge is -2.49. The van der Waals surface area contributed by atoms with E-state index in [1.165, 1.54) is 5.56 Å². The van der Waals surface area contributed by atoms with E-state index in [9.17, 15) is 0 Å². The molecule has 5 heteroatoms. The smallest absolute Gasteiger partial charge is 0.113 e. The highest BCUT2D eigenvalue weighted by Crippen LogP contribution is 2.30. The number of ether oxygens (including phenoxy) is 4. The first-order chi connectivity index (χ1) is 22.2. The Morgan fingerprint density at radius 3 is 1.44 bits per heavy atom. The first-order valence-corrected chi connectivity index (χ1v) is 16.6. The molecular weight excluding hydrogens is 558 g/mol. The number of nitrogens with zero attached hydrogens (tertiary/aromatic N) is 1. The molecule has 0 unspecified atom stereocenters. The van der Waals surface area contributed by atoms with Crippen LogP contribution in [0.4, 0.5) is 0 Å². The van der Waals surface area contributed by atoms with E-state index in [1.54, 1.807) is 0 Å². The van der Waals surface area contributed by atoms with Crippen LogP contribution in [0, 0.1) is 5.92 Å². The minimum absolute atomic E-state index is 0.00960. The molecule has 1 aliphatic rings. The third-order valence-corrected chi connectivity index (χ3v) is 8.88. The normalized spacial score (nSPS) is 20.4. The van der Waals surface area contributed by atoms with Gasteiger partial charge in [-0.05, 0) is 28.2 Å². The van der Waals surface area contributed by atoms with Gasteiger partial charge in [0.15, 0.2) is 0 Å². The Morgan fingerprint density at radius 1 is 0.556 bits per heavy atom. The molecule has 1 heterocycles. The van der Waals surface area contributed by atoms with Crippen molar-refractivity contribution < 1.29 is 18.9 Å². The third kappa shape index (κ3) is 10.1. The summed E-state index contributed by atoms with van der Waals surface area (Å²) < 4.78 is 27.0. The lowest BCUT2D eigenvalue weighted by Crippen LogP contribution is -2.65. The summed E-state index contributed by atoms with van der Waals surface area (Å²) in [6.07, 6.45) is 1.55. The summed E-state index contributed by atoms with van der Waals surface area (Å²) in [6.45, 7) is 8.92. The third-order valence-electron chi connectivity index (χ3n) is 8.88. The maximum atomic E-state index is 6.92. The summed E-state index contributed by atoms with van der Waals surface area (Å²) >= 11 is 0. The van der Waals surface area contributed by atoms with Gasteiger partial charge in [0.05, 0.1) is 45.2 Å². The SMILES string of the molecule is CCC(CC)CN1C[C@H](OCc2ccccc2)[C@@H](OCc2ccccc2)[C@H](OCc2ccccc2)[C@@H]1COCc1ccccc1. The van der Waals surface area contributed by atoms with Crippen LogP contribution in [0.3, 0.4) is 0 Å². The van der Waals surface area contributed by atoms with Crippen LogP contribution in [0.1, 0.15) is 48.9 Å². The predicted octanol–water partition coefficient (Wildman–Crippen LogP) is 8.08. The molecule has 0 amide bonds. The fraction of sp³-hybridized carbons (Fsp3) is 0.400. The molecule has 4 aromatic carbocycles. The van der Waals surface area contributed by atoms with Gasteiger partial charge in [0.25, 0.3) is 0 Å². The molecule has 1 fully saturated rings. The van der Waals surface area contributed by atoms with Gasteiger partial charge in [0.1, 0.15) is 12.2 Å². The average molecular weight is 608 g/mol. The molecule has 0 aromatic heterocycles. The fourth-order valence-electron chi connectivity index (χ4n) is 6.14. The molecule has 0 aliphatic carbocycles. The standard InChI is InChI=1S/C40H49NO4/c1-3-32(4-2)25-41-26-38(43-28-34-19-11-6-12-20-34)40(45-30-36-23-15-8-16-24-36)39(44-29-35-21-13-7-14-22-35)37(41)31-42-27-33-17-9-5-10-18-33/h5-24,32,37-40H,3-4,25-31H2,1-2H3/t37-,38-,39+,40+/m0/s1. The highest BCUT2D eigenvalue weighted by Gasteiger charge is 2.46. The molecule has 1 saturated heterocycles. The van der Waals surface area contributed by atoms with Crippen LogP contribution >= 0.6 is 0 Å². The van der Waals surface area contributed by atoms with Gasteiger partial charge < -0.3 is 18.9 Å². The van der Waals surface area contributed by atoms with Crippen LogP contribution in [-0.4, -0.2) is 49.0 Å². The first-order valence-electron chi connectivity index (χ1n) is 16.6. The molecule has 238 valence electrons. The van der Waals surface area contributed by atoms with E-state index in [-0.39, 0.29) is 24.4 Å². The van der Waals surface area contributed by atoms with Crippen LogP contribution < -0.4 is 0 Å². The number of piperidine rings is 1. The molecule has 45 heavy (non-hydrogen) atoms. The second kappa shape index (κ2) is 18.0. The summed E-state index contributed by atoms with van der Waals surface area (Å²) in [5, 5.41) is 0. The quantitative estimate of drug-likeness (QED) is 0.121. The second-order valence-electron chi connectivity index (χ2n) is 12.1. The van der Waals surface area contributed by atoms with Crippen LogP contribution in [0.25, 0.3) is 0 Å². The van der Waals surface area contributed by atoms with E-state index in [1.807, 2.05) is 24.3 Å². The largest absolute Gasteiger partial charge is 0.375 e. The molecule has 4 atom stereocenters. The summed E-state index contributed by atoms with van der Waals surface area (Å²) in [4.78, 5) is 2.57. The molecule has 0 spiro atoms. The van der Waals surface area contributed by atoms with Crippen molar-refractivity contribution in [2.24, 2.45) is 5.92 Å². The maximum Gasteiger partial charge on any atom is 0.113 e. The predicted molar refractivity (Wildman–Crippen MR) is 181 cm³/mol. The molecule has 1 aliphatic heterocycles. The van der Waals surface area contributed by atoms with Gasteiger partial charge in [0, 0.05) is 13.1 Å². The molecule has 0 radical (unpaired) electrons. The van der Waals surface area contributed by atoms with Crippen LogP contribution in [-0.2, 0) is 45.4 Å². The van der Waals surface area contributed by atoms with Crippen molar-refractivity contribution in [3.05, 3.63) is 144 Å². The van der Waals surface area contributed by atoms with Gasteiger partial charge in [-0.25, -0.2) is 0 Å². The van der Waals surface area contributed by atoms with Crippen molar-refractivity contribution in [3.8, 4) is 0 Å². The Kier molecular flexibility index (Phi) is 13.2. The zero-order valence-corrected chi connectivity index (χ0v) is 26.9. The van der Waals surface area contributed by atoms with Gasteiger partial charge in [-0.3, -0.25) is 4.90 Å². The van der Waals surface area contributed by atoms with E-state index in [0.717, 1.165) is 42.6 Å². The lowest BCUT2D eigenvalue weighted by atomic mass is 9.91. The van der Waals surface area contributed by atoms with E-state index in [4.69, 9.17) is 18.9 Å². The summed E-state index contributed by atoms with van der Waals surface area (Å²) in [5.41, 5.74) is 4.60. The summed E-state index contributed by atoms with van der Waals surface area (Å²) in [7, 11) is 0. The van der Waals surface area contributed by atoms with Crippen LogP contribution in [0.5, 0.6) is 0 Å². The molecule has 0 N–H and O–H groups in total. The van der Waals surface area contributed by atoms with E-state index >= 15 is 0 Å². The summed E-state index contributed by atoms with van der Waals surface area (Å²) in [6, 6.07) is 41.6. The highest BCUT2D eigenvalue weighted by molar-refractivity contribution is 5.16. The number of likely N-dealkylation sites (tertiary alicyclic amines) is 1. The zero-order chi connectivity index (χ0) is 31.1. The molecule has 5 rings (SSSR count). The van der Waals surface area contributed by atoms with Gasteiger partial charge in [-0.15, -0.1) is 0 Å². The van der Waals surface area contributed by atoms with E-state index < -0.39 is 0 Å². The number of rotatable bonds is 17. The van der Waals surface area contributed by atoms with Crippen molar-refractivity contribution in [2.45, 2.75) is 77.5 Å². The van der Waals surface area contributed by atoms with Crippen molar-refractivity contribution in [1.82, 2.24) is 4.90 Å².